The summed E-state index contributed by atoms with van der Waals surface area (Å²) in [5.74, 6) is -0.497. The second kappa shape index (κ2) is 5.74. The molecule has 0 spiro atoms. The van der Waals surface area contributed by atoms with Gasteiger partial charge < -0.3 is 5.32 Å². The number of hydrogen-bond acceptors (Lipinski definition) is 3. The molecule has 1 heterocycles. The Bertz CT molecular complexity index is 574. The number of nitrogens with one attached hydrogen (secondary N) is 2. The summed E-state index contributed by atoms with van der Waals surface area (Å²) in [7, 11) is -3.63. The maximum Gasteiger partial charge on any atom is 0.301 e. The molecule has 19 heavy (non-hydrogen) atoms. The molecular weight excluding hydrogens is 337 g/mol. The van der Waals surface area contributed by atoms with Crippen LogP contribution in [0.25, 0.3) is 0 Å². The fourth-order valence-electron chi connectivity index (χ4n) is 1.84. The van der Waals surface area contributed by atoms with Crippen molar-refractivity contribution in [2.45, 2.75) is 6.92 Å². The van der Waals surface area contributed by atoms with Crippen molar-refractivity contribution >= 4 is 31.8 Å². The fourth-order valence-corrected chi connectivity index (χ4v) is 3.59. The predicted molar refractivity (Wildman–Crippen MR) is 75.8 cm³/mol. The van der Waals surface area contributed by atoms with E-state index in [2.05, 4.69) is 26.0 Å². The lowest BCUT2D eigenvalue weighted by Gasteiger charge is -2.27. The second-order valence-electron chi connectivity index (χ2n) is 4.34. The monoisotopic (exact) mass is 351 g/mol. The van der Waals surface area contributed by atoms with Gasteiger partial charge in [-0.15, -0.1) is 0 Å². The maximum atomic E-state index is 13.5. The van der Waals surface area contributed by atoms with E-state index >= 15 is 0 Å². The summed E-state index contributed by atoms with van der Waals surface area (Å²) in [4.78, 5) is 0. The first kappa shape index (κ1) is 14.7. The minimum atomic E-state index is -3.63. The summed E-state index contributed by atoms with van der Waals surface area (Å²) < 4.78 is 41.9. The van der Waals surface area contributed by atoms with Crippen LogP contribution >= 0.6 is 15.9 Å². The summed E-state index contributed by atoms with van der Waals surface area (Å²) in [6.07, 6.45) is 0. The van der Waals surface area contributed by atoms with Crippen LogP contribution in [0.15, 0.2) is 16.6 Å². The van der Waals surface area contributed by atoms with Crippen LogP contribution < -0.4 is 10.0 Å². The molecular formula is C11H15BrFN3O2S. The van der Waals surface area contributed by atoms with Crippen LogP contribution in [0.2, 0.25) is 0 Å². The van der Waals surface area contributed by atoms with E-state index < -0.39 is 16.0 Å². The number of benzene rings is 1. The molecule has 0 radical (unpaired) electrons. The second-order valence-corrected chi connectivity index (χ2v) is 6.86. The van der Waals surface area contributed by atoms with E-state index in [-0.39, 0.29) is 5.69 Å². The summed E-state index contributed by atoms with van der Waals surface area (Å²) in [5, 5.41) is 3.08. The molecule has 1 saturated heterocycles. The first-order valence-corrected chi connectivity index (χ1v) is 8.08. The van der Waals surface area contributed by atoms with Gasteiger partial charge in [-0.05, 0) is 40.5 Å². The molecule has 2 N–H and O–H groups in total. The van der Waals surface area contributed by atoms with Gasteiger partial charge in [0, 0.05) is 26.2 Å². The van der Waals surface area contributed by atoms with E-state index in [1.165, 1.54) is 10.4 Å². The molecule has 0 atom stereocenters. The Hall–Kier alpha value is -0.700. The summed E-state index contributed by atoms with van der Waals surface area (Å²) in [6.45, 7) is 3.78. The zero-order valence-corrected chi connectivity index (χ0v) is 12.8. The summed E-state index contributed by atoms with van der Waals surface area (Å²) >= 11 is 3.07. The highest BCUT2D eigenvalue weighted by molar-refractivity contribution is 9.10. The topological polar surface area (TPSA) is 61.4 Å². The van der Waals surface area contributed by atoms with E-state index in [0.717, 1.165) is 0 Å². The molecule has 0 aliphatic carbocycles. The molecule has 1 fully saturated rings. The van der Waals surface area contributed by atoms with Crippen molar-refractivity contribution in [3.63, 3.8) is 0 Å². The van der Waals surface area contributed by atoms with Gasteiger partial charge in [0.1, 0.15) is 5.82 Å². The van der Waals surface area contributed by atoms with Crippen molar-refractivity contribution in [1.29, 1.82) is 0 Å². The lowest BCUT2D eigenvalue weighted by Crippen LogP contribution is -2.48. The third-order valence-electron chi connectivity index (χ3n) is 2.92. The molecule has 1 aliphatic heterocycles. The Labute approximate surface area is 120 Å². The molecule has 2 rings (SSSR count). The lowest BCUT2D eigenvalue weighted by atomic mass is 10.2. The van der Waals surface area contributed by atoms with Crippen LogP contribution in [-0.2, 0) is 10.2 Å². The molecule has 0 bridgehead atoms. The highest BCUT2D eigenvalue weighted by Gasteiger charge is 2.24. The SMILES string of the molecule is Cc1cc(Br)c(F)cc1NS(=O)(=O)N1CCNCC1. The normalized spacial score (nSPS) is 17.4. The number of nitrogens with zero attached hydrogens (tertiary/aromatic N) is 1. The van der Waals surface area contributed by atoms with Crippen LogP contribution in [0.3, 0.4) is 0 Å². The summed E-state index contributed by atoms with van der Waals surface area (Å²) in [6, 6.07) is 2.73. The average Bonchev–Trinajstić information content (AvgIpc) is 2.37. The molecule has 5 nitrogen and oxygen atoms in total. The standard InChI is InChI=1S/C11H15BrFN3O2S/c1-8-6-9(12)10(13)7-11(8)15-19(17,18)16-4-2-14-3-5-16/h6-7,14-15H,2-5H2,1H3. The highest BCUT2D eigenvalue weighted by atomic mass is 79.9. The third-order valence-corrected chi connectivity index (χ3v) is 5.05. The highest BCUT2D eigenvalue weighted by Crippen LogP contribution is 2.25. The summed E-state index contributed by atoms with van der Waals surface area (Å²) in [5.41, 5.74) is 0.922. The van der Waals surface area contributed by atoms with Gasteiger partial charge in [-0.2, -0.15) is 12.7 Å². The van der Waals surface area contributed by atoms with Gasteiger partial charge in [0.15, 0.2) is 0 Å². The van der Waals surface area contributed by atoms with E-state index in [1.54, 1.807) is 13.0 Å². The minimum absolute atomic E-state index is 0.263. The molecule has 1 aliphatic rings. The largest absolute Gasteiger partial charge is 0.314 e. The quantitative estimate of drug-likeness (QED) is 0.866. The van der Waals surface area contributed by atoms with Crippen molar-refractivity contribution in [2.24, 2.45) is 0 Å². The zero-order chi connectivity index (χ0) is 14.0. The first-order chi connectivity index (χ1) is 8.90. The third kappa shape index (κ3) is 3.44. The van der Waals surface area contributed by atoms with Gasteiger partial charge in [-0.25, -0.2) is 4.39 Å². The van der Waals surface area contributed by atoms with Gasteiger partial charge in [0.05, 0.1) is 10.2 Å². The molecule has 0 unspecified atom stereocenters. The Morgan fingerprint density at radius 3 is 2.63 bits per heavy atom. The van der Waals surface area contributed by atoms with Gasteiger partial charge in [-0.1, -0.05) is 0 Å². The van der Waals surface area contributed by atoms with E-state index in [4.69, 9.17) is 0 Å². The smallest absolute Gasteiger partial charge is 0.301 e. The maximum absolute atomic E-state index is 13.5. The number of hydrogen-bond donors (Lipinski definition) is 2. The van der Waals surface area contributed by atoms with Crippen molar-refractivity contribution < 1.29 is 12.8 Å². The van der Waals surface area contributed by atoms with Crippen LogP contribution in [0.1, 0.15) is 5.56 Å². The molecule has 1 aromatic carbocycles. The van der Waals surface area contributed by atoms with Crippen molar-refractivity contribution in [3.05, 3.63) is 28.0 Å². The van der Waals surface area contributed by atoms with Crippen molar-refractivity contribution in [2.75, 3.05) is 30.9 Å². The number of aryl methyl sites for hydroxylation is 1. The number of anilines is 1. The van der Waals surface area contributed by atoms with Crippen molar-refractivity contribution in [3.8, 4) is 0 Å². The lowest BCUT2D eigenvalue weighted by molar-refractivity contribution is 0.362. The van der Waals surface area contributed by atoms with Gasteiger partial charge in [0.25, 0.3) is 0 Å². The predicted octanol–water partition coefficient (Wildman–Crippen LogP) is 1.46. The van der Waals surface area contributed by atoms with Crippen LogP contribution in [0, 0.1) is 12.7 Å². The Kier molecular flexibility index (Phi) is 4.44. The Balaban J connectivity index is 2.22. The van der Waals surface area contributed by atoms with Gasteiger partial charge in [0.2, 0.25) is 0 Å². The number of halogens is 2. The molecule has 8 heteroatoms. The Morgan fingerprint density at radius 1 is 1.37 bits per heavy atom. The van der Waals surface area contributed by atoms with Crippen molar-refractivity contribution in [1.82, 2.24) is 9.62 Å². The minimum Gasteiger partial charge on any atom is -0.314 e. The molecule has 0 amide bonds. The average molecular weight is 352 g/mol. The molecule has 0 aromatic heterocycles. The number of piperazine rings is 1. The Morgan fingerprint density at radius 2 is 2.00 bits per heavy atom. The van der Waals surface area contributed by atoms with Crippen LogP contribution in [-0.4, -0.2) is 38.9 Å². The van der Waals surface area contributed by atoms with E-state index in [1.807, 2.05) is 0 Å². The molecule has 106 valence electrons. The molecule has 0 saturated carbocycles. The van der Waals surface area contributed by atoms with Crippen LogP contribution in [0.5, 0.6) is 0 Å². The van der Waals surface area contributed by atoms with Gasteiger partial charge in [-0.3, -0.25) is 4.72 Å². The first-order valence-electron chi connectivity index (χ1n) is 5.84. The molecule has 1 aromatic rings. The zero-order valence-electron chi connectivity index (χ0n) is 10.4. The van der Waals surface area contributed by atoms with E-state index in [9.17, 15) is 12.8 Å². The van der Waals surface area contributed by atoms with E-state index in [0.29, 0.717) is 36.2 Å². The van der Waals surface area contributed by atoms with Crippen LogP contribution in [0.4, 0.5) is 10.1 Å². The van der Waals surface area contributed by atoms with Gasteiger partial charge >= 0.3 is 10.2 Å². The number of rotatable bonds is 3. The fraction of sp³-hybridized carbons (Fsp3) is 0.455.